The fraction of sp³-hybridized carbons (Fsp3) is 0.600. The zero-order valence-corrected chi connectivity index (χ0v) is 10.3. The van der Waals surface area contributed by atoms with Crippen LogP contribution in [0.5, 0.6) is 0 Å². The van der Waals surface area contributed by atoms with Crippen LogP contribution in [0.3, 0.4) is 0 Å². The molecule has 2 N–H and O–H groups in total. The lowest BCUT2D eigenvalue weighted by molar-refractivity contribution is 0.0533. The molecule has 0 bridgehead atoms. The third-order valence-electron chi connectivity index (χ3n) is 2.35. The lowest BCUT2D eigenvalue weighted by atomic mass is 10.3. The summed E-state index contributed by atoms with van der Waals surface area (Å²) in [6.45, 7) is 1.44. The van der Waals surface area contributed by atoms with Crippen molar-refractivity contribution >= 4 is 27.3 Å². The highest BCUT2D eigenvalue weighted by Crippen LogP contribution is 2.32. The number of nitrogens with two attached hydrogens (primary N) is 1. The maximum absolute atomic E-state index is 5.78. The Balaban J connectivity index is 1.90. The minimum atomic E-state index is 0.0897. The molecule has 1 aromatic heterocycles. The first-order chi connectivity index (χ1) is 6.79. The van der Waals surface area contributed by atoms with E-state index in [2.05, 4.69) is 27.4 Å². The van der Waals surface area contributed by atoms with E-state index in [4.69, 9.17) is 10.5 Å². The van der Waals surface area contributed by atoms with Gasteiger partial charge in [0.1, 0.15) is 6.10 Å². The van der Waals surface area contributed by atoms with Gasteiger partial charge in [-0.15, -0.1) is 11.3 Å². The van der Waals surface area contributed by atoms with E-state index in [1.807, 2.05) is 0 Å². The van der Waals surface area contributed by atoms with Crippen molar-refractivity contribution in [1.29, 1.82) is 0 Å². The van der Waals surface area contributed by atoms with Crippen LogP contribution in [0.25, 0.3) is 0 Å². The van der Waals surface area contributed by atoms with E-state index in [-0.39, 0.29) is 6.10 Å². The van der Waals surface area contributed by atoms with Crippen molar-refractivity contribution in [2.24, 2.45) is 11.7 Å². The van der Waals surface area contributed by atoms with Crippen LogP contribution >= 0.6 is 27.3 Å². The van der Waals surface area contributed by atoms with Crippen molar-refractivity contribution in [3.05, 3.63) is 20.8 Å². The summed E-state index contributed by atoms with van der Waals surface area (Å²) in [5.74, 6) is 0.799. The summed E-state index contributed by atoms with van der Waals surface area (Å²) in [5, 5.41) is 2.07. The summed E-state index contributed by atoms with van der Waals surface area (Å²) in [5.41, 5.74) is 5.69. The molecule has 78 valence electrons. The Morgan fingerprint density at radius 2 is 2.43 bits per heavy atom. The fourth-order valence-corrected chi connectivity index (χ4v) is 2.81. The Hall–Kier alpha value is 0.1000. The third-order valence-corrected chi connectivity index (χ3v) is 4.13. The number of ether oxygens (including phenoxy) is 1. The molecule has 1 unspecified atom stereocenters. The highest BCUT2D eigenvalue weighted by atomic mass is 79.9. The molecular formula is C10H14BrNOS. The molecule has 1 saturated carbocycles. The normalized spacial score (nSPS) is 18.4. The smallest absolute Gasteiger partial charge is 0.104 e. The van der Waals surface area contributed by atoms with Crippen LogP contribution < -0.4 is 5.73 Å². The molecule has 0 aliphatic heterocycles. The largest absolute Gasteiger partial charge is 0.371 e. The zero-order valence-electron chi connectivity index (χ0n) is 7.91. The molecule has 2 nitrogen and oxygen atoms in total. The van der Waals surface area contributed by atoms with E-state index in [0.29, 0.717) is 6.54 Å². The van der Waals surface area contributed by atoms with Gasteiger partial charge >= 0.3 is 0 Å². The van der Waals surface area contributed by atoms with Crippen LogP contribution in [0.1, 0.15) is 23.8 Å². The van der Waals surface area contributed by atoms with E-state index in [0.717, 1.165) is 17.0 Å². The molecular weight excluding hydrogens is 262 g/mol. The molecule has 1 aliphatic carbocycles. The fourth-order valence-electron chi connectivity index (χ4n) is 1.30. The van der Waals surface area contributed by atoms with Gasteiger partial charge in [0.05, 0.1) is 6.61 Å². The molecule has 2 rings (SSSR count). The van der Waals surface area contributed by atoms with Gasteiger partial charge in [-0.1, -0.05) is 0 Å². The summed E-state index contributed by atoms with van der Waals surface area (Å²) in [7, 11) is 0. The molecule has 1 aromatic rings. The number of hydrogen-bond acceptors (Lipinski definition) is 3. The van der Waals surface area contributed by atoms with Crippen LogP contribution in [-0.4, -0.2) is 13.2 Å². The van der Waals surface area contributed by atoms with Gasteiger partial charge in [-0.25, -0.2) is 0 Å². The van der Waals surface area contributed by atoms with E-state index >= 15 is 0 Å². The van der Waals surface area contributed by atoms with Crippen LogP contribution in [0.2, 0.25) is 0 Å². The number of rotatable bonds is 5. The van der Waals surface area contributed by atoms with Gasteiger partial charge in [-0.05, 0) is 40.8 Å². The molecule has 1 atom stereocenters. The van der Waals surface area contributed by atoms with E-state index < -0.39 is 0 Å². The quantitative estimate of drug-likeness (QED) is 0.897. The number of hydrogen-bond donors (Lipinski definition) is 1. The predicted octanol–water partition coefficient (Wildman–Crippen LogP) is 2.94. The van der Waals surface area contributed by atoms with Crippen molar-refractivity contribution in [2.45, 2.75) is 18.9 Å². The summed E-state index contributed by atoms with van der Waals surface area (Å²) in [6.07, 6.45) is 2.74. The molecule has 0 aromatic carbocycles. The minimum Gasteiger partial charge on any atom is -0.371 e. The molecule has 14 heavy (non-hydrogen) atoms. The third kappa shape index (κ3) is 2.79. The second kappa shape index (κ2) is 4.75. The van der Waals surface area contributed by atoms with Crippen molar-refractivity contribution < 1.29 is 4.74 Å². The van der Waals surface area contributed by atoms with Crippen LogP contribution in [-0.2, 0) is 4.74 Å². The maximum atomic E-state index is 5.78. The first-order valence-corrected chi connectivity index (χ1v) is 6.52. The Kier molecular flexibility index (Phi) is 3.60. The van der Waals surface area contributed by atoms with E-state index in [1.54, 1.807) is 11.3 Å². The van der Waals surface area contributed by atoms with Gasteiger partial charge in [0, 0.05) is 21.3 Å². The molecule has 0 amide bonds. The van der Waals surface area contributed by atoms with Crippen molar-refractivity contribution in [2.75, 3.05) is 13.2 Å². The maximum Gasteiger partial charge on any atom is 0.104 e. The van der Waals surface area contributed by atoms with Gasteiger partial charge in [-0.3, -0.25) is 0 Å². The van der Waals surface area contributed by atoms with Crippen LogP contribution in [0.4, 0.5) is 0 Å². The van der Waals surface area contributed by atoms with Crippen LogP contribution in [0.15, 0.2) is 15.9 Å². The standard InChI is InChI=1S/C10H14BrNOS/c11-8-3-10(14-6-8)9(4-12)13-5-7-1-2-7/h3,6-7,9H,1-2,4-5,12H2. The lowest BCUT2D eigenvalue weighted by Crippen LogP contribution is -2.15. The second-order valence-electron chi connectivity index (χ2n) is 3.67. The predicted molar refractivity (Wildman–Crippen MR) is 62.5 cm³/mol. The van der Waals surface area contributed by atoms with E-state index in [1.165, 1.54) is 17.7 Å². The van der Waals surface area contributed by atoms with Gasteiger partial charge in [-0.2, -0.15) is 0 Å². The highest BCUT2D eigenvalue weighted by Gasteiger charge is 2.23. The van der Waals surface area contributed by atoms with Gasteiger partial charge < -0.3 is 10.5 Å². The number of thiophene rings is 1. The Bertz CT molecular complexity index is 298. The summed E-state index contributed by atoms with van der Waals surface area (Å²) < 4.78 is 6.90. The molecule has 0 saturated heterocycles. The molecule has 1 fully saturated rings. The SMILES string of the molecule is NCC(OCC1CC1)c1cc(Br)cs1. The first-order valence-electron chi connectivity index (χ1n) is 4.85. The zero-order chi connectivity index (χ0) is 9.97. The molecule has 1 heterocycles. The monoisotopic (exact) mass is 275 g/mol. The summed E-state index contributed by atoms with van der Waals surface area (Å²) >= 11 is 5.14. The van der Waals surface area contributed by atoms with Gasteiger partial charge in [0.15, 0.2) is 0 Å². The Morgan fingerprint density at radius 1 is 1.64 bits per heavy atom. The average Bonchev–Trinajstić information content (AvgIpc) is 2.90. The lowest BCUT2D eigenvalue weighted by Gasteiger charge is -2.13. The topological polar surface area (TPSA) is 35.2 Å². The molecule has 1 aliphatic rings. The Labute approximate surface area is 96.6 Å². The summed E-state index contributed by atoms with van der Waals surface area (Å²) in [6, 6.07) is 2.09. The van der Waals surface area contributed by atoms with E-state index in [9.17, 15) is 0 Å². The second-order valence-corrected chi connectivity index (χ2v) is 5.53. The average molecular weight is 276 g/mol. The highest BCUT2D eigenvalue weighted by molar-refractivity contribution is 9.10. The summed E-state index contributed by atoms with van der Waals surface area (Å²) in [4.78, 5) is 1.22. The van der Waals surface area contributed by atoms with Crippen molar-refractivity contribution in [3.63, 3.8) is 0 Å². The van der Waals surface area contributed by atoms with Crippen molar-refractivity contribution in [1.82, 2.24) is 0 Å². The first kappa shape index (κ1) is 10.6. The number of halogens is 1. The molecule has 4 heteroatoms. The Morgan fingerprint density at radius 3 is 2.93 bits per heavy atom. The van der Waals surface area contributed by atoms with Gasteiger partial charge in [0.25, 0.3) is 0 Å². The minimum absolute atomic E-state index is 0.0897. The van der Waals surface area contributed by atoms with Crippen LogP contribution in [0, 0.1) is 5.92 Å². The molecule has 0 spiro atoms. The molecule has 0 radical (unpaired) electrons. The van der Waals surface area contributed by atoms with Crippen molar-refractivity contribution in [3.8, 4) is 0 Å². The van der Waals surface area contributed by atoms with Gasteiger partial charge in [0.2, 0.25) is 0 Å².